The summed E-state index contributed by atoms with van der Waals surface area (Å²) in [4.78, 5) is 8.13. The van der Waals surface area contributed by atoms with Gasteiger partial charge in [-0.15, -0.1) is 0 Å². The molecule has 0 bridgehead atoms. The van der Waals surface area contributed by atoms with Gasteiger partial charge in [0, 0.05) is 18.0 Å². The molecule has 6 nitrogen and oxygen atoms in total. The Morgan fingerprint density at radius 2 is 2.04 bits per heavy atom. The lowest BCUT2D eigenvalue weighted by molar-refractivity contribution is 0.191. The van der Waals surface area contributed by atoms with E-state index in [-0.39, 0.29) is 24.7 Å². The fourth-order valence-electron chi connectivity index (χ4n) is 1.85. The molecule has 0 unspecified atom stereocenters. The highest BCUT2D eigenvalue weighted by molar-refractivity contribution is 6.37. The van der Waals surface area contributed by atoms with Gasteiger partial charge in [0.15, 0.2) is 5.75 Å². The number of halogens is 2. The quantitative estimate of drug-likeness (QED) is 0.790. The Balaban J connectivity index is 2.48. The fraction of sp³-hybridized carbons (Fsp3) is 0.188. The Labute approximate surface area is 148 Å². The van der Waals surface area contributed by atoms with Gasteiger partial charge in [0.25, 0.3) is 5.88 Å². The first-order valence-electron chi connectivity index (χ1n) is 6.80. The van der Waals surface area contributed by atoms with Gasteiger partial charge in [-0.1, -0.05) is 23.2 Å². The molecule has 0 aromatic carbocycles. The van der Waals surface area contributed by atoms with Crippen molar-refractivity contribution in [3.63, 3.8) is 0 Å². The molecule has 24 heavy (non-hydrogen) atoms. The lowest BCUT2D eigenvalue weighted by atomic mass is 10.1. The number of allylic oxidation sites excluding steroid dienone is 1. The minimum atomic E-state index is -0.168. The van der Waals surface area contributed by atoms with Crippen molar-refractivity contribution < 1.29 is 14.6 Å². The van der Waals surface area contributed by atoms with E-state index in [1.54, 1.807) is 12.1 Å². The van der Waals surface area contributed by atoms with Gasteiger partial charge < -0.3 is 14.6 Å². The van der Waals surface area contributed by atoms with E-state index >= 15 is 0 Å². The Morgan fingerprint density at radius 1 is 1.33 bits per heavy atom. The first-order valence-corrected chi connectivity index (χ1v) is 7.56. The topological polar surface area (TPSA) is 88.3 Å². The van der Waals surface area contributed by atoms with Crippen molar-refractivity contribution in [2.75, 3.05) is 20.3 Å². The number of methoxy groups -OCH3 is 1. The summed E-state index contributed by atoms with van der Waals surface area (Å²) in [5.74, 6) is 0.571. The standard InChI is InChI=1S/C16H13Cl2N3O3/c1-23-15-3-2-14(21-16(15)24-5-4-22)10(7-19)6-11-12(17)8-20-9-13(11)18/h2-3,6,8-9,22H,4-5H2,1H3/b10-6+. The van der Waals surface area contributed by atoms with Gasteiger partial charge in [0.1, 0.15) is 12.7 Å². The minimum Gasteiger partial charge on any atom is -0.491 e. The van der Waals surface area contributed by atoms with E-state index < -0.39 is 0 Å². The van der Waals surface area contributed by atoms with Crippen molar-refractivity contribution in [2.45, 2.75) is 0 Å². The van der Waals surface area contributed by atoms with Crippen LogP contribution < -0.4 is 9.47 Å². The Bertz CT molecular complexity index is 783. The monoisotopic (exact) mass is 365 g/mol. The first kappa shape index (κ1) is 18.0. The van der Waals surface area contributed by atoms with Crippen LogP contribution in [0.1, 0.15) is 11.3 Å². The van der Waals surface area contributed by atoms with Crippen LogP contribution >= 0.6 is 23.2 Å². The van der Waals surface area contributed by atoms with Gasteiger partial charge >= 0.3 is 0 Å². The SMILES string of the molecule is COc1ccc(/C(C#N)=C/c2c(Cl)cncc2Cl)nc1OCCO. The summed E-state index contributed by atoms with van der Waals surface area (Å²) < 4.78 is 10.5. The van der Waals surface area contributed by atoms with Crippen LogP contribution in [0.3, 0.4) is 0 Å². The normalized spacial score (nSPS) is 11.0. The highest BCUT2D eigenvalue weighted by Gasteiger charge is 2.12. The number of aromatic nitrogens is 2. The summed E-state index contributed by atoms with van der Waals surface area (Å²) in [6.07, 6.45) is 4.40. The molecule has 8 heteroatoms. The average Bonchev–Trinajstić information content (AvgIpc) is 2.59. The zero-order valence-corrected chi connectivity index (χ0v) is 14.2. The highest BCUT2D eigenvalue weighted by Crippen LogP contribution is 2.30. The predicted octanol–water partition coefficient (Wildman–Crippen LogP) is 3.23. The molecule has 0 saturated carbocycles. The molecule has 0 spiro atoms. The van der Waals surface area contributed by atoms with Gasteiger partial charge in [0.2, 0.25) is 0 Å². The number of pyridine rings is 2. The van der Waals surface area contributed by atoms with Crippen molar-refractivity contribution in [3.8, 4) is 17.7 Å². The van der Waals surface area contributed by atoms with Crippen LogP contribution in [0, 0.1) is 11.3 Å². The first-order chi connectivity index (χ1) is 11.6. The van der Waals surface area contributed by atoms with Crippen molar-refractivity contribution >= 4 is 34.9 Å². The molecule has 0 fully saturated rings. The molecule has 0 aliphatic rings. The van der Waals surface area contributed by atoms with Gasteiger partial charge in [-0.2, -0.15) is 5.26 Å². The lowest BCUT2D eigenvalue weighted by Crippen LogP contribution is -2.05. The molecule has 2 aromatic heterocycles. The molecule has 0 aliphatic carbocycles. The molecular weight excluding hydrogens is 353 g/mol. The number of nitriles is 1. The number of hydrogen-bond donors (Lipinski definition) is 1. The van der Waals surface area contributed by atoms with E-state index in [2.05, 4.69) is 16.0 Å². The van der Waals surface area contributed by atoms with Crippen LogP contribution in [0.5, 0.6) is 11.6 Å². The number of aliphatic hydroxyl groups is 1. The van der Waals surface area contributed by atoms with E-state index in [1.165, 1.54) is 25.6 Å². The van der Waals surface area contributed by atoms with Crippen molar-refractivity contribution in [3.05, 3.63) is 45.8 Å². The largest absolute Gasteiger partial charge is 0.491 e. The van der Waals surface area contributed by atoms with E-state index in [0.717, 1.165) is 0 Å². The van der Waals surface area contributed by atoms with Gasteiger partial charge in [-0.3, -0.25) is 4.98 Å². The van der Waals surface area contributed by atoms with Gasteiger partial charge in [0.05, 0.1) is 35.0 Å². The molecule has 0 aliphatic heterocycles. The minimum absolute atomic E-state index is 0.0560. The maximum absolute atomic E-state index is 9.44. The number of nitrogens with zero attached hydrogens (tertiary/aromatic N) is 3. The molecule has 2 aromatic rings. The third-order valence-electron chi connectivity index (χ3n) is 2.95. The van der Waals surface area contributed by atoms with E-state index in [0.29, 0.717) is 27.1 Å². The van der Waals surface area contributed by atoms with Crippen LogP contribution in [0.25, 0.3) is 11.6 Å². The molecule has 1 N–H and O–H groups in total. The van der Waals surface area contributed by atoms with E-state index in [1.807, 2.05) is 0 Å². The molecule has 2 rings (SSSR count). The van der Waals surface area contributed by atoms with Crippen molar-refractivity contribution in [2.24, 2.45) is 0 Å². The summed E-state index contributed by atoms with van der Waals surface area (Å²) in [6, 6.07) is 5.29. The number of aliphatic hydroxyl groups excluding tert-OH is 1. The smallest absolute Gasteiger partial charge is 0.257 e. The number of rotatable bonds is 6. The fourth-order valence-corrected chi connectivity index (χ4v) is 2.32. The Hall–Kier alpha value is -2.33. The number of hydrogen-bond acceptors (Lipinski definition) is 6. The lowest BCUT2D eigenvalue weighted by Gasteiger charge is -2.10. The third-order valence-corrected chi connectivity index (χ3v) is 3.55. The molecule has 0 saturated heterocycles. The average molecular weight is 366 g/mol. The molecule has 124 valence electrons. The van der Waals surface area contributed by atoms with E-state index in [4.69, 9.17) is 37.8 Å². The van der Waals surface area contributed by atoms with Crippen LogP contribution in [0.4, 0.5) is 0 Å². The van der Waals surface area contributed by atoms with Crippen LogP contribution in [-0.2, 0) is 0 Å². The van der Waals surface area contributed by atoms with Gasteiger partial charge in [-0.05, 0) is 18.2 Å². The third kappa shape index (κ3) is 4.15. The maximum atomic E-state index is 9.44. The molecule has 0 radical (unpaired) electrons. The Morgan fingerprint density at radius 3 is 2.62 bits per heavy atom. The zero-order chi connectivity index (χ0) is 17.5. The molecule has 0 atom stereocenters. The molecule has 0 amide bonds. The van der Waals surface area contributed by atoms with Crippen LogP contribution in [-0.4, -0.2) is 35.4 Å². The summed E-state index contributed by atoms with van der Waals surface area (Å²) in [5.41, 5.74) is 1.07. The second kappa shape index (κ2) is 8.50. The maximum Gasteiger partial charge on any atom is 0.257 e. The summed E-state index contributed by atoms with van der Waals surface area (Å²) in [5, 5.41) is 19.0. The van der Waals surface area contributed by atoms with Crippen LogP contribution in [0.2, 0.25) is 10.0 Å². The predicted molar refractivity (Wildman–Crippen MR) is 91.1 cm³/mol. The van der Waals surface area contributed by atoms with E-state index in [9.17, 15) is 5.26 Å². The second-order valence-electron chi connectivity index (χ2n) is 4.46. The van der Waals surface area contributed by atoms with Crippen molar-refractivity contribution in [1.82, 2.24) is 9.97 Å². The summed E-state index contributed by atoms with van der Waals surface area (Å²) in [7, 11) is 1.47. The zero-order valence-electron chi connectivity index (χ0n) is 12.7. The molecule has 2 heterocycles. The number of ether oxygens (including phenoxy) is 2. The highest BCUT2D eigenvalue weighted by atomic mass is 35.5. The van der Waals surface area contributed by atoms with Crippen molar-refractivity contribution in [1.29, 1.82) is 5.26 Å². The summed E-state index contributed by atoms with van der Waals surface area (Å²) in [6.45, 7) is -0.112. The Kier molecular flexibility index (Phi) is 6.38. The second-order valence-corrected chi connectivity index (χ2v) is 5.28. The summed E-state index contributed by atoms with van der Waals surface area (Å²) >= 11 is 12.1. The van der Waals surface area contributed by atoms with Gasteiger partial charge in [-0.25, -0.2) is 4.98 Å². The van der Waals surface area contributed by atoms with Crippen LogP contribution in [0.15, 0.2) is 24.5 Å². The molecular formula is C16H13Cl2N3O3.